The fourth-order valence-electron chi connectivity index (χ4n) is 1.33. The molecule has 0 bridgehead atoms. The predicted molar refractivity (Wildman–Crippen MR) is 53.1 cm³/mol. The molecule has 76 valence electrons. The number of ether oxygens (including phenoxy) is 1. The summed E-state index contributed by atoms with van der Waals surface area (Å²) in [5, 5.41) is 8.56. The lowest BCUT2D eigenvalue weighted by atomic mass is 10.2. The maximum Gasteiger partial charge on any atom is 0.316 e. The molecular weight excluding hydrogens is 188 g/mol. The summed E-state index contributed by atoms with van der Waals surface area (Å²) in [6.07, 6.45) is 1.79. The molecule has 3 nitrogen and oxygen atoms in total. The molecule has 1 saturated heterocycles. The third kappa shape index (κ3) is 3.56. The summed E-state index contributed by atoms with van der Waals surface area (Å²) >= 11 is 1.55. The largest absolute Gasteiger partial charge is 0.480 e. The van der Waals surface area contributed by atoms with E-state index in [4.69, 9.17) is 9.84 Å². The monoisotopic (exact) mass is 204 g/mol. The van der Waals surface area contributed by atoms with Crippen molar-refractivity contribution in [2.24, 2.45) is 5.92 Å². The van der Waals surface area contributed by atoms with Crippen LogP contribution in [0.25, 0.3) is 0 Å². The first kappa shape index (κ1) is 10.9. The first-order valence-electron chi connectivity index (χ1n) is 4.66. The van der Waals surface area contributed by atoms with Crippen LogP contribution in [0, 0.1) is 5.92 Å². The molecular formula is C9H16O3S. The van der Waals surface area contributed by atoms with Crippen LogP contribution in [-0.2, 0) is 9.53 Å². The zero-order valence-electron chi connectivity index (χ0n) is 7.86. The van der Waals surface area contributed by atoms with Crippen LogP contribution in [0.2, 0.25) is 0 Å². The van der Waals surface area contributed by atoms with Gasteiger partial charge in [0.1, 0.15) is 5.25 Å². The van der Waals surface area contributed by atoms with E-state index in [9.17, 15) is 4.79 Å². The minimum atomic E-state index is -0.689. The minimum absolute atomic E-state index is 0.236. The molecule has 2 unspecified atom stereocenters. The second kappa shape index (κ2) is 5.50. The summed E-state index contributed by atoms with van der Waals surface area (Å²) in [7, 11) is 0. The summed E-state index contributed by atoms with van der Waals surface area (Å²) in [6, 6.07) is 0. The maximum absolute atomic E-state index is 10.7. The van der Waals surface area contributed by atoms with E-state index in [-0.39, 0.29) is 5.25 Å². The minimum Gasteiger partial charge on any atom is -0.480 e. The van der Waals surface area contributed by atoms with E-state index in [0.29, 0.717) is 12.3 Å². The van der Waals surface area contributed by atoms with Gasteiger partial charge in [-0.05, 0) is 24.5 Å². The highest BCUT2D eigenvalue weighted by molar-refractivity contribution is 8.00. The van der Waals surface area contributed by atoms with Crippen LogP contribution >= 0.6 is 11.8 Å². The highest BCUT2D eigenvalue weighted by Crippen LogP contribution is 2.23. The Balaban J connectivity index is 2.18. The van der Waals surface area contributed by atoms with Gasteiger partial charge in [-0.15, -0.1) is 11.8 Å². The lowest BCUT2D eigenvalue weighted by molar-refractivity contribution is -0.136. The third-order valence-electron chi connectivity index (χ3n) is 2.20. The van der Waals surface area contributed by atoms with Gasteiger partial charge in [-0.25, -0.2) is 0 Å². The molecule has 4 heteroatoms. The van der Waals surface area contributed by atoms with E-state index in [1.165, 1.54) is 0 Å². The number of aliphatic carboxylic acids is 1. The van der Waals surface area contributed by atoms with Crippen molar-refractivity contribution in [3.8, 4) is 0 Å². The molecule has 0 saturated carbocycles. The van der Waals surface area contributed by atoms with Crippen molar-refractivity contribution in [2.45, 2.75) is 25.0 Å². The van der Waals surface area contributed by atoms with Crippen molar-refractivity contribution in [3.05, 3.63) is 0 Å². The summed E-state index contributed by atoms with van der Waals surface area (Å²) in [6.45, 7) is 3.56. The van der Waals surface area contributed by atoms with Crippen LogP contribution in [0.5, 0.6) is 0 Å². The molecule has 1 aliphatic heterocycles. The van der Waals surface area contributed by atoms with Crippen molar-refractivity contribution in [1.29, 1.82) is 0 Å². The molecule has 0 aliphatic carbocycles. The summed E-state index contributed by atoms with van der Waals surface area (Å²) in [5.74, 6) is 0.801. The predicted octanol–water partition coefficient (Wildman–Crippen LogP) is 1.62. The van der Waals surface area contributed by atoms with Crippen LogP contribution in [-0.4, -0.2) is 35.3 Å². The van der Waals surface area contributed by atoms with Crippen molar-refractivity contribution in [3.63, 3.8) is 0 Å². The number of hydrogen-bond acceptors (Lipinski definition) is 3. The quantitative estimate of drug-likeness (QED) is 0.739. The molecule has 0 radical (unpaired) electrons. The molecule has 1 N–H and O–H groups in total. The normalized spacial score (nSPS) is 24.5. The van der Waals surface area contributed by atoms with Crippen molar-refractivity contribution in [2.75, 3.05) is 19.0 Å². The average molecular weight is 204 g/mol. The van der Waals surface area contributed by atoms with E-state index in [1.807, 2.05) is 6.92 Å². The van der Waals surface area contributed by atoms with Crippen molar-refractivity contribution < 1.29 is 14.6 Å². The number of carboxylic acid groups (broad SMARTS) is 1. The van der Waals surface area contributed by atoms with Crippen LogP contribution in [0.3, 0.4) is 0 Å². The molecule has 1 aliphatic rings. The Morgan fingerprint density at radius 2 is 2.54 bits per heavy atom. The average Bonchev–Trinajstić information content (AvgIpc) is 2.57. The molecule has 2 atom stereocenters. The first-order chi connectivity index (χ1) is 6.24. The number of carbonyl (C=O) groups is 1. The molecule has 1 rings (SSSR count). The number of carboxylic acids is 1. The summed E-state index contributed by atoms with van der Waals surface area (Å²) in [4.78, 5) is 10.7. The fraction of sp³-hybridized carbons (Fsp3) is 0.889. The Morgan fingerprint density at radius 3 is 3.00 bits per heavy atom. The van der Waals surface area contributed by atoms with Gasteiger partial charge in [-0.2, -0.15) is 0 Å². The Morgan fingerprint density at radius 1 is 1.77 bits per heavy atom. The molecule has 0 spiro atoms. The third-order valence-corrected chi connectivity index (χ3v) is 3.80. The Hall–Kier alpha value is -0.220. The van der Waals surface area contributed by atoms with Gasteiger partial charge in [0.25, 0.3) is 0 Å². The van der Waals surface area contributed by atoms with Crippen LogP contribution in [0.1, 0.15) is 19.8 Å². The van der Waals surface area contributed by atoms with Crippen molar-refractivity contribution >= 4 is 17.7 Å². The van der Waals surface area contributed by atoms with Gasteiger partial charge in [-0.3, -0.25) is 4.79 Å². The molecule has 1 fully saturated rings. The van der Waals surface area contributed by atoms with Gasteiger partial charge in [0.05, 0.1) is 6.61 Å². The standard InChI is InChI=1S/C9H16O3S/c1-2-8(9(10)11)13-6-7-3-4-12-5-7/h7-8H,2-6H2,1H3,(H,10,11). The van der Waals surface area contributed by atoms with E-state index in [0.717, 1.165) is 25.4 Å². The summed E-state index contributed by atoms with van der Waals surface area (Å²) in [5.41, 5.74) is 0. The Kier molecular flexibility index (Phi) is 4.59. The van der Waals surface area contributed by atoms with E-state index in [1.54, 1.807) is 11.8 Å². The molecule has 1 heterocycles. The second-order valence-corrected chi connectivity index (χ2v) is 4.53. The number of rotatable bonds is 5. The SMILES string of the molecule is CCC(SCC1CCOC1)C(=O)O. The zero-order chi connectivity index (χ0) is 9.68. The second-order valence-electron chi connectivity index (χ2n) is 3.30. The van der Waals surface area contributed by atoms with Gasteiger partial charge in [0.15, 0.2) is 0 Å². The first-order valence-corrected chi connectivity index (χ1v) is 5.71. The highest BCUT2D eigenvalue weighted by atomic mass is 32.2. The van der Waals surface area contributed by atoms with Gasteiger partial charge < -0.3 is 9.84 Å². The number of thioether (sulfide) groups is 1. The van der Waals surface area contributed by atoms with E-state index >= 15 is 0 Å². The van der Waals surface area contributed by atoms with E-state index < -0.39 is 5.97 Å². The molecule has 0 aromatic heterocycles. The van der Waals surface area contributed by atoms with Crippen LogP contribution in [0.4, 0.5) is 0 Å². The zero-order valence-corrected chi connectivity index (χ0v) is 8.68. The fourth-order valence-corrected chi connectivity index (χ4v) is 2.48. The lowest BCUT2D eigenvalue weighted by Gasteiger charge is -2.11. The van der Waals surface area contributed by atoms with Crippen molar-refractivity contribution in [1.82, 2.24) is 0 Å². The molecule has 0 aromatic rings. The van der Waals surface area contributed by atoms with Crippen LogP contribution < -0.4 is 0 Å². The van der Waals surface area contributed by atoms with Crippen LogP contribution in [0.15, 0.2) is 0 Å². The van der Waals surface area contributed by atoms with Gasteiger partial charge in [-0.1, -0.05) is 6.92 Å². The Labute approximate surface area is 82.8 Å². The smallest absolute Gasteiger partial charge is 0.316 e. The molecule has 0 amide bonds. The van der Waals surface area contributed by atoms with Gasteiger partial charge in [0.2, 0.25) is 0 Å². The van der Waals surface area contributed by atoms with Gasteiger partial charge in [0, 0.05) is 6.61 Å². The highest BCUT2D eigenvalue weighted by Gasteiger charge is 2.20. The van der Waals surface area contributed by atoms with E-state index in [2.05, 4.69) is 0 Å². The lowest BCUT2D eigenvalue weighted by Crippen LogP contribution is -2.17. The Bertz CT molecular complexity index is 166. The number of hydrogen-bond donors (Lipinski definition) is 1. The van der Waals surface area contributed by atoms with Gasteiger partial charge >= 0.3 is 5.97 Å². The molecule has 0 aromatic carbocycles. The molecule has 13 heavy (non-hydrogen) atoms. The topological polar surface area (TPSA) is 46.5 Å². The summed E-state index contributed by atoms with van der Waals surface area (Å²) < 4.78 is 5.22. The maximum atomic E-state index is 10.7.